The number of rotatable bonds is 4. The Kier molecular flexibility index (Phi) is 4.96. The highest BCUT2D eigenvalue weighted by Crippen LogP contribution is 2.37. The lowest BCUT2D eigenvalue weighted by molar-refractivity contribution is -0.136. The van der Waals surface area contributed by atoms with Gasteiger partial charge in [-0.05, 0) is 43.5 Å². The molecule has 2 aromatic carbocycles. The average Bonchev–Trinajstić information content (AvgIpc) is 3.14. The normalized spacial score (nSPS) is 14.8. The lowest BCUT2D eigenvalue weighted by Gasteiger charge is -2.24. The molecule has 0 saturated heterocycles. The Bertz CT molecular complexity index is 1690. The lowest BCUT2D eigenvalue weighted by Crippen LogP contribution is -2.45. The van der Waals surface area contributed by atoms with E-state index in [4.69, 9.17) is 0 Å². The van der Waals surface area contributed by atoms with Crippen LogP contribution >= 0.6 is 0 Å². The summed E-state index contributed by atoms with van der Waals surface area (Å²) in [4.78, 5) is 44.1. The van der Waals surface area contributed by atoms with Crippen LogP contribution in [-0.4, -0.2) is 31.2 Å². The third-order valence-electron chi connectivity index (χ3n) is 6.62. The molecular weight excluding hydrogens is 456 g/mol. The van der Waals surface area contributed by atoms with Gasteiger partial charge in [0, 0.05) is 11.3 Å². The molecule has 36 heavy (non-hydrogen) atoms. The first kappa shape index (κ1) is 21.8. The summed E-state index contributed by atoms with van der Waals surface area (Å²) in [7, 11) is 0. The van der Waals surface area contributed by atoms with E-state index in [9.17, 15) is 19.5 Å². The van der Waals surface area contributed by atoms with Gasteiger partial charge in [-0.3, -0.25) is 14.4 Å². The zero-order chi connectivity index (χ0) is 25.0. The Balaban J connectivity index is 1.70. The van der Waals surface area contributed by atoms with Crippen LogP contribution in [0.2, 0.25) is 0 Å². The molecular formula is C28H22N4O4. The van der Waals surface area contributed by atoms with Gasteiger partial charge in [-0.15, -0.1) is 0 Å². The fraction of sp³-hybridized carbons (Fsp3) is 0.143. The number of allylic oxidation sites excluding steroid dienone is 1. The summed E-state index contributed by atoms with van der Waals surface area (Å²) < 4.78 is 3.16. The predicted molar refractivity (Wildman–Crippen MR) is 136 cm³/mol. The largest absolute Gasteiger partial charge is 0.481 e. The summed E-state index contributed by atoms with van der Waals surface area (Å²) in [5.41, 5.74) is 4.75. The Hall–Kier alpha value is -4.72. The van der Waals surface area contributed by atoms with Crippen LogP contribution in [0.4, 0.5) is 0 Å². The van der Waals surface area contributed by atoms with E-state index >= 15 is 0 Å². The minimum atomic E-state index is -1.15. The fourth-order valence-corrected chi connectivity index (χ4v) is 5.12. The fourth-order valence-electron chi connectivity index (χ4n) is 5.12. The molecule has 2 aromatic heterocycles. The quantitative estimate of drug-likeness (QED) is 0.484. The Labute approximate surface area is 206 Å². The second kappa shape index (κ2) is 8.20. The van der Waals surface area contributed by atoms with E-state index in [1.807, 2.05) is 47.9 Å². The van der Waals surface area contributed by atoms with Crippen LogP contribution in [0.1, 0.15) is 34.8 Å². The van der Waals surface area contributed by atoms with Crippen LogP contribution in [-0.2, 0) is 22.4 Å². The highest BCUT2D eigenvalue weighted by Gasteiger charge is 2.34. The average molecular weight is 479 g/mol. The molecule has 1 aliphatic carbocycles. The first-order valence-electron chi connectivity index (χ1n) is 11.7. The number of hydrogen-bond donors (Lipinski definition) is 1. The number of carbonyl (C=O) groups excluding carboxylic acids is 1. The van der Waals surface area contributed by atoms with Crippen LogP contribution in [0.3, 0.4) is 0 Å². The van der Waals surface area contributed by atoms with Crippen molar-refractivity contribution in [1.82, 2.24) is 14.2 Å². The van der Waals surface area contributed by atoms with Crippen LogP contribution < -0.4 is 10.6 Å². The number of amides is 1. The Morgan fingerprint density at radius 1 is 1.06 bits per heavy atom. The molecule has 0 fully saturated rings. The zero-order valence-corrected chi connectivity index (χ0v) is 19.5. The smallest absolute Gasteiger partial charge is 0.311 e. The molecule has 3 heterocycles. The van der Waals surface area contributed by atoms with Gasteiger partial charge in [-0.2, -0.15) is 4.68 Å². The first-order chi connectivity index (χ1) is 17.4. The summed E-state index contributed by atoms with van der Waals surface area (Å²) in [6, 6.07) is 18.5. The number of aryl methyl sites for hydroxylation is 2. The predicted octanol–water partition coefficient (Wildman–Crippen LogP) is 3.49. The highest BCUT2D eigenvalue weighted by atomic mass is 16.4. The number of nitrogens with zero attached hydrogens (tertiary/aromatic N) is 4. The van der Waals surface area contributed by atoms with E-state index in [0.717, 1.165) is 33.6 Å². The molecule has 1 N–H and O–H groups in total. The van der Waals surface area contributed by atoms with Gasteiger partial charge in [0.05, 0.1) is 34.1 Å². The van der Waals surface area contributed by atoms with Gasteiger partial charge in [0.1, 0.15) is 12.2 Å². The Morgan fingerprint density at radius 2 is 1.81 bits per heavy atom. The molecule has 8 heteroatoms. The van der Waals surface area contributed by atoms with Gasteiger partial charge < -0.3 is 9.67 Å². The molecule has 0 radical (unpaired) electrons. The van der Waals surface area contributed by atoms with E-state index in [-0.39, 0.29) is 5.82 Å². The number of hydrogen-bond acceptors (Lipinski definition) is 4. The topological polar surface area (TPSA) is 97.4 Å². The molecule has 0 unspecified atom stereocenters. The van der Waals surface area contributed by atoms with Gasteiger partial charge >= 0.3 is 5.97 Å². The number of carbonyl (C=O) groups is 2. The van der Waals surface area contributed by atoms with E-state index in [2.05, 4.69) is 11.1 Å². The maximum atomic E-state index is 14.1. The van der Waals surface area contributed by atoms with Crippen LogP contribution in [0, 0.1) is 6.92 Å². The first-order valence-corrected chi connectivity index (χ1v) is 11.7. The minimum Gasteiger partial charge on any atom is -0.481 e. The van der Waals surface area contributed by atoms with Crippen molar-refractivity contribution in [2.45, 2.75) is 26.2 Å². The summed E-state index contributed by atoms with van der Waals surface area (Å²) >= 11 is 0. The minimum absolute atomic E-state index is 0.0249. The van der Waals surface area contributed by atoms with Crippen molar-refractivity contribution in [3.05, 3.63) is 112 Å². The van der Waals surface area contributed by atoms with Crippen molar-refractivity contribution in [3.8, 4) is 0 Å². The monoisotopic (exact) mass is 478 g/mol. The van der Waals surface area contributed by atoms with E-state index in [0.29, 0.717) is 28.6 Å². The number of para-hydroxylation sites is 1. The van der Waals surface area contributed by atoms with Gasteiger partial charge in [-0.25, -0.2) is 9.99 Å². The number of benzene rings is 2. The third kappa shape index (κ3) is 3.30. The summed E-state index contributed by atoms with van der Waals surface area (Å²) in [5, 5.41) is 11.1. The van der Waals surface area contributed by atoms with E-state index in [1.54, 1.807) is 30.5 Å². The van der Waals surface area contributed by atoms with E-state index in [1.165, 1.54) is 5.01 Å². The third-order valence-corrected chi connectivity index (χ3v) is 6.62. The molecule has 0 atom stereocenters. The molecule has 4 aromatic rings. The molecule has 1 aliphatic heterocycles. The molecule has 0 bridgehead atoms. The number of aliphatic carboxylic acids is 1. The van der Waals surface area contributed by atoms with E-state index < -0.39 is 23.9 Å². The highest BCUT2D eigenvalue weighted by molar-refractivity contribution is 6.26. The van der Waals surface area contributed by atoms with Crippen molar-refractivity contribution in [3.63, 3.8) is 0 Å². The summed E-state index contributed by atoms with van der Waals surface area (Å²) in [6.07, 6.45) is 4.50. The SMILES string of the molecule is Cc1cc2c3n1C(c1ccccc1)=CN(n1c(CC(=O)O)nc4ccccc4c1=O)C(=O)C3=CCC2. The number of carboxylic acid groups (broad SMARTS) is 1. The summed E-state index contributed by atoms with van der Waals surface area (Å²) in [5.74, 6) is -1.59. The molecule has 2 aliphatic rings. The molecule has 1 amide bonds. The molecule has 8 nitrogen and oxygen atoms in total. The van der Waals surface area contributed by atoms with Crippen LogP contribution in [0.5, 0.6) is 0 Å². The number of aromatic nitrogens is 3. The maximum Gasteiger partial charge on any atom is 0.311 e. The van der Waals surface area contributed by atoms with Gasteiger partial charge in [0.2, 0.25) is 0 Å². The van der Waals surface area contributed by atoms with Crippen molar-refractivity contribution in [1.29, 1.82) is 0 Å². The molecule has 0 saturated carbocycles. The summed E-state index contributed by atoms with van der Waals surface area (Å²) in [6.45, 7) is 1.99. The second-order valence-electron chi connectivity index (χ2n) is 8.91. The van der Waals surface area contributed by atoms with Crippen LogP contribution in [0.25, 0.3) is 22.2 Å². The Morgan fingerprint density at radius 3 is 2.58 bits per heavy atom. The number of carboxylic acids is 1. The standard InChI is InChI=1S/C28H22N4O4/c1-17-14-19-10-7-12-21-26(19)31(17)23(18-8-3-2-4-9-18)16-30(27(21)35)32-24(15-25(33)34)29-22-13-6-5-11-20(22)28(32)36/h2-6,8-9,11-14,16H,7,10,15H2,1H3,(H,33,34). The lowest BCUT2D eigenvalue weighted by atomic mass is 9.96. The van der Waals surface area contributed by atoms with Gasteiger partial charge in [0.25, 0.3) is 11.5 Å². The maximum absolute atomic E-state index is 14.1. The second-order valence-corrected chi connectivity index (χ2v) is 8.91. The van der Waals surface area contributed by atoms with Gasteiger partial charge in [0.15, 0.2) is 0 Å². The zero-order valence-electron chi connectivity index (χ0n) is 19.5. The molecule has 178 valence electrons. The van der Waals surface area contributed by atoms with Crippen molar-refractivity contribution in [2.24, 2.45) is 0 Å². The van der Waals surface area contributed by atoms with Gasteiger partial charge in [-0.1, -0.05) is 48.5 Å². The van der Waals surface area contributed by atoms with Crippen LogP contribution in [0.15, 0.2) is 77.7 Å². The van der Waals surface area contributed by atoms with Crippen molar-refractivity contribution >= 4 is 34.0 Å². The molecule has 0 spiro atoms. The molecule has 6 rings (SSSR count). The number of fused-ring (bicyclic) bond motifs is 1. The van der Waals surface area contributed by atoms with Crippen molar-refractivity contribution in [2.75, 3.05) is 5.01 Å². The van der Waals surface area contributed by atoms with Crippen molar-refractivity contribution < 1.29 is 14.7 Å².